The average Bonchev–Trinajstić information content (AvgIpc) is 2.02. The van der Waals surface area contributed by atoms with Gasteiger partial charge in [0.1, 0.15) is 0 Å². The Bertz CT molecular complexity index is 286. The molecule has 1 aliphatic carbocycles. The van der Waals surface area contributed by atoms with Gasteiger partial charge in [0.2, 0.25) is 0 Å². The first-order valence-electron chi connectivity index (χ1n) is 4.46. The minimum Gasteiger partial charge on any atom is -0.512 e. The summed E-state index contributed by atoms with van der Waals surface area (Å²) in [5, 5.41) is 17.8. The van der Waals surface area contributed by atoms with Crippen LogP contribution in [0.15, 0.2) is 11.3 Å². The van der Waals surface area contributed by atoms with Crippen molar-refractivity contribution in [3.63, 3.8) is 0 Å². The van der Waals surface area contributed by atoms with E-state index in [9.17, 15) is 9.90 Å². The topological polar surface area (TPSA) is 61.1 Å². The quantitative estimate of drug-likeness (QED) is 0.706. The molecular weight excluding hydrogens is 166 g/mol. The minimum absolute atomic E-state index is 0.00602. The van der Waals surface area contributed by atoms with Crippen LogP contribution in [-0.2, 0) is 4.79 Å². The lowest BCUT2D eigenvalue weighted by atomic mass is 9.86. The second-order valence-electron chi connectivity index (χ2n) is 3.52. The standard InChI is InChI=1S/C10H13NO2/c1-7-5-9(12)8(3-2-4-11)10(13)6-7/h7,12H,2-3,5-6H2,1H3/t7-/m0/s1. The Labute approximate surface area is 77.7 Å². The summed E-state index contributed by atoms with van der Waals surface area (Å²) in [4.78, 5) is 11.4. The molecule has 0 aliphatic heterocycles. The van der Waals surface area contributed by atoms with Crippen LogP contribution in [0.1, 0.15) is 32.6 Å². The van der Waals surface area contributed by atoms with Crippen molar-refractivity contribution in [2.75, 3.05) is 0 Å². The number of hydrogen-bond donors (Lipinski definition) is 1. The lowest BCUT2D eigenvalue weighted by Gasteiger charge is -2.19. The zero-order valence-corrected chi connectivity index (χ0v) is 7.71. The van der Waals surface area contributed by atoms with Crippen molar-refractivity contribution < 1.29 is 9.90 Å². The first-order valence-corrected chi connectivity index (χ1v) is 4.46. The van der Waals surface area contributed by atoms with Crippen molar-refractivity contribution in [2.24, 2.45) is 5.92 Å². The summed E-state index contributed by atoms with van der Waals surface area (Å²) in [7, 11) is 0. The van der Waals surface area contributed by atoms with Crippen molar-refractivity contribution in [2.45, 2.75) is 32.6 Å². The number of allylic oxidation sites excluding steroid dienone is 2. The highest BCUT2D eigenvalue weighted by Crippen LogP contribution is 2.27. The fourth-order valence-corrected chi connectivity index (χ4v) is 1.59. The molecule has 1 atom stereocenters. The summed E-state index contributed by atoms with van der Waals surface area (Å²) in [6.45, 7) is 1.94. The number of aliphatic hydroxyl groups excluding tert-OH is 1. The van der Waals surface area contributed by atoms with Gasteiger partial charge >= 0.3 is 0 Å². The van der Waals surface area contributed by atoms with Crippen LogP contribution in [0, 0.1) is 17.2 Å². The molecule has 3 heteroatoms. The van der Waals surface area contributed by atoms with E-state index in [1.807, 2.05) is 13.0 Å². The van der Waals surface area contributed by atoms with Crippen LogP contribution in [0.25, 0.3) is 0 Å². The Morgan fingerprint density at radius 1 is 1.62 bits per heavy atom. The predicted molar refractivity (Wildman–Crippen MR) is 47.9 cm³/mol. The highest BCUT2D eigenvalue weighted by molar-refractivity contribution is 5.96. The molecule has 0 aromatic heterocycles. The van der Waals surface area contributed by atoms with Gasteiger partial charge in [0, 0.05) is 24.8 Å². The van der Waals surface area contributed by atoms with Crippen LogP contribution in [-0.4, -0.2) is 10.9 Å². The van der Waals surface area contributed by atoms with Crippen molar-refractivity contribution in [3.8, 4) is 6.07 Å². The van der Waals surface area contributed by atoms with Crippen LogP contribution >= 0.6 is 0 Å². The van der Waals surface area contributed by atoms with E-state index < -0.39 is 0 Å². The minimum atomic E-state index is 0.00602. The van der Waals surface area contributed by atoms with Gasteiger partial charge < -0.3 is 5.11 Å². The zero-order valence-electron chi connectivity index (χ0n) is 7.71. The number of aliphatic hydroxyl groups is 1. The van der Waals surface area contributed by atoms with Gasteiger partial charge in [-0.1, -0.05) is 6.92 Å². The molecule has 0 aromatic carbocycles. The van der Waals surface area contributed by atoms with E-state index in [0.29, 0.717) is 31.3 Å². The number of ketones is 1. The van der Waals surface area contributed by atoms with E-state index >= 15 is 0 Å². The molecule has 0 spiro atoms. The molecule has 0 saturated carbocycles. The molecule has 0 heterocycles. The maximum Gasteiger partial charge on any atom is 0.162 e. The number of nitrogens with zero attached hydrogens (tertiary/aromatic N) is 1. The van der Waals surface area contributed by atoms with Crippen molar-refractivity contribution >= 4 is 5.78 Å². The number of carbonyl (C=O) groups is 1. The summed E-state index contributed by atoms with van der Waals surface area (Å²) >= 11 is 0. The molecule has 0 unspecified atom stereocenters. The summed E-state index contributed by atoms with van der Waals surface area (Å²) < 4.78 is 0. The fraction of sp³-hybridized carbons (Fsp3) is 0.600. The second-order valence-corrected chi connectivity index (χ2v) is 3.52. The Kier molecular flexibility index (Phi) is 3.07. The lowest BCUT2D eigenvalue weighted by molar-refractivity contribution is -0.117. The Morgan fingerprint density at radius 2 is 2.31 bits per heavy atom. The molecule has 0 aromatic rings. The highest BCUT2D eigenvalue weighted by atomic mass is 16.3. The summed E-state index contributed by atoms with van der Waals surface area (Å²) in [6, 6.07) is 1.97. The predicted octanol–water partition coefficient (Wildman–Crippen LogP) is 2.10. The van der Waals surface area contributed by atoms with Gasteiger partial charge in [0.25, 0.3) is 0 Å². The smallest absolute Gasteiger partial charge is 0.162 e. The van der Waals surface area contributed by atoms with E-state index in [4.69, 9.17) is 5.26 Å². The third kappa shape index (κ3) is 2.32. The summed E-state index contributed by atoms with van der Waals surface area (Å²) in [5.41, 5.74) is 0.472. The van der Waals surface area contributed by atoms with Crippen molar-refractivity contribution in [1.29, 1.82) is 5.26 Å². The van der Waals surface area contributed by atoms with Gasteiger partial charge in [-0.3, -0.25) is 4.79 Å². The van der Waals surface area contributed by atoms with Crippen LogP contribution in [0.5, 0.6) is 0 Å². The second kappa shape index (κ2) is 4.08. The van der Waals surface area contributed by atoms with Gasteiger partial charge in [0.15, 0.2) is 5.78 Å². The zero-order chi connectivity index (χ0) is 9.84. The van der Waals surface area contributed by atoms with E-state index in [1.165, 1.54) is 0 Å². The van der Waals surface area contributed by atoms with Crippen LogP contribution in [0.3, 0.4) is 0 Å². The molecule has 1 aliphatic rings. The van der Waals surface area contributed by atoms with E-state index in [-0.39, 0.29) is 17.5 Å². The molecule has 3 nitrogen and oxygen atoms in total. The number of hydrogen-bond acceptors (Lipinski definition) is 3. The van der Waals surface area contributed by atoms with Crippen LogP contribution in [0.2, 0.25) is 0 Å². The van der Waals surface area contributed by atoms with Crippen LogP contribution in [0.4, 0.5) is 0 Å². The molecule has 1 rings (SSSR count). The molecule has 0 amide bonds. The van der Waals surface area contributed by atoms with Gasteiger partial charge in [-0.05, 0) is 12.3 Å². The molecule has 0 radical (unpaired) electrons. The van der Waals surface area contributed by atoms with Gasteiger partial charge in [0.05, 0.1) is 11.8 Å². The lowest BCUT2D eigenvalue weighted by Crippen LogP contribution is -2.17. The maximum absolute atomic E-state index is 11.4. The summed E-state index contributed by atoms with van der Waals surface area (Å²) in [6.07, 6.45) is 1.78. The monoisotopic (exact) mass is 179 g/mol. The normalized spacial score (nSPS) is 23.1. The number of nitriles is 1. The largest absolute Gasteiger partial charge is 0.512 e. The first-order chi connectivity index (χ1) is 6.15. The molecule has 13 heavy (non-hydrogen) atoms. The maximum atomic E-state index is 11.4. The van der Waals surface area contributed by atoms with E-state index in [0.717, 1.165) is 0 Å². The SMILES string of the molecule is C[C@@H]1CC(=O)C(CCC#N)=C(O)C1. The third-order valence-corrected chi connectivity index (χ3v) is 2.25. The van der Waals surface area contributed by atoms with E-state index in [2.05, 4.69) is 0 Å². The van der Waals surface area contributed by atoms with Gasteiger partial charge in [-0.2, -0.15) is 5.26 Å². The summed E-state index contributed by atoms with van der Waals surface area (Å²) in [5.74, 6) is 0.434. The molecule has 0 saturated heterocycles. The molecule has 70 valence electrons. The first kappa shape index (κ1) is 9.79. The molecule has 0 fully saturated rings. The Balaban J connectivity index is 2.74. The van der Waals surface area contributed by atoms with E-state index in [1.54, 1.807) is 0 Å². The van der Waals surface area contributed by atoms with Gasteiger partial charge in [-0.25, -0.2) is 0 Å². The Morgan fingerprint density at radius 3 is 2.85 bits per heavy atom. The number of carbonyl (C=O) groups excluding carboxylic acids is 1. The van der Waals surface area contributed by atoms with Crippen molar-refractivity contribution in [1.82, 2.24) is 0 Å². The van der Waals surface area contributed by atoms with Crippen molar-refractivity contribution in [3.05, 3.63) is 11.3 Å². The fourth-order valence-electron chi connectivity index (χ4n) is 1.59. The van der Waals surface area contributed by atoms with Gasteiger partial charge in [-0.15, -0.1) is 0 Å². The number of Topliss-reactive ketones (excluding diaryl/α,β-unsaturated/α-hetero) is 1. The Hall–Kier alpha value is -1.30. The number of rotatable bonds is 2. The molecule has 0 bridgehead atoms. The van der Waals surface area contributed by atoms with Crippen LogP contribution < -0.4 is 0 Å². The average molecular weight is 179 g/mol. The highest BCUT2D eigenvalue weighted by Gasteiger charge is 2.24. The third-order valence-electron chi connectivity index (χ3n) is 2.25. The molecular formula is C10H13NO2. The molecule has 1 N–H and O–H groups in total.